The molecule has 19 heavy (non-hydrogen) atoms. The van der Waals surface area contributed by atoms with Gasteiger partial charge in [0.1, 0.15) is 5.82 Å². The molecular weight excluding hydrogens is 245 g/mol. The average molecular weight is 267 g/mol. The molecule has 1 aliphatic rings. The van der Waals surface area contributed by atoms with Crippen molar-refractivity contribution in [1.82, 2.24) is 4.90 Å². The number of halogens is 1. The van der Waals surface area contributed by atoms with Gasteiger partial charge in [-0.1, -0.05) is 13.0 Å². The zero-order chi connectivity index (χ0) is 13.9. The minimum atomic E-state index is -0.960. The fourth-order valence-electron chi connectivity index (χ4n) is 2.83. The Labute approximate surface area is 113 Å². The molecule has 1 aromatic carbocycles. The SMILES string of the molecule is CCN1CCC(O)(c2cc(F)ccc2CCO)CC1. The summed E-state index contributed by atoms with van der Waals surface area (Å²) in [7, 11) is 0. The third kappa shape index (κ3) is 3.14. The summed E-state index contributed by atoms with van der Waals surface area (Å²) in [5.74, 6) is -0.331. The number of aliphatic hydroxyl groups is 2. The van der Waals surface area contributed by atoms with Gasteiger partial charge in [-0.2, -0.15) is 0 Å². The standard InChI is InChI=1S/C15H22FNO2/c1-2-17-8-6-15(19,7-9-17)14-11-13(16)4-3-12(14)5-10-18/h3-4,11,18-19H,2,5-10H2,1H3. The van der Waals surface area contributed by atoms with Gasteiger partial charge >= 0.3 is 0 Å². The molecular formula is C15H22FNO2. The van der Waals surface area contributed by atoms with E-state index in [1.54, 1.807) is 6.07 Å². The maximum atomic E-state index is 13.5. The van der Waals surface area contributed by atoms with Crippen LogP contribution >= 0.6 is 0 Å². The minimum absolute atomic E-state index is 0.00972. The number of hydrogen-bond donors (Lipinski definition) is 2. The molecule has 1 aromatic rings. The molecule has 2 rings (SSSR count). The van der Waals surface area contributed by atoms with Crippen LogP contribution in [-0.2, 0) is 12.0 Å². The van der Waals surface area contributed by atoms with Gasteiger partial charge in [0.25, 0.3) is 0 Å². The van der Waals surface area contributed by atoms with Crippen molar-refractivity contribution in [3.8, 4) is 0 Å². The van der Waals surface area contributed by atoms with Crippen LogP contribution in [0.1, 0.15) is 30.9 Å². The first-order valence-corrected chi connectivity index (χ1v) is 6.93. The van der Waals surface area contributed by atoms with E-state index in [1.165, 1.54) is 12.1 Å². The molecule has 0 spiro atoms. The highest BCUT2D eigenvalue weighted by Gasteiger charge is 2.35. The maximum Gasteiger partial charge on any atom is 0.123 e. The van der Waals surface area contributed by atoms with Crippen LogP contribution < -0.4 is 0 Å². The molecule has 2 N–H and O–H groups in total. The summed E-state index contributed by atoms with van der Waals surface area (Å²) in [6.45, 7) is 4.73. The summed E-state index contributed by atoms with van der Waals surface area (Å²) < 4.78 is 13.5. The minimum Gasteiger partial charge on any atom is -0.396 e. The number of aliphatic hydroxyl groups excluding tert-OH is 1. The summed E-state index contributed by atoms with van der Waals surface area (Å²) >= 11 is 0. The lowest BCUT2D eigenvalue weighted by atomic mass is 9.81. The van der Waals surface area contributed by atoms with Crippen molar-refractivity contribution in [2.75, 3.05) is 26.2 Å². The summed E-state index contributed by atoms with van der Waals surface area (Å²) in [5, 5.41) is 19.9. The van der Waals surface area contributed by atoms with Gasteiger partial charge in [-0.05, 0) is 49.1 Å². The average Bonchev–Trinajstić information content (AvgIpc) is 2.42. The summed E-state index contributed by atoms with van der Waals surface area (Å²) in [6, 6.07) is 4.48. The number of piperidine rings is 1. The molecule has 1 fully saturated rings. The third-order valence-corrected chi connectivity index (χ3v) is 4.08. The van der Waals surface area contributed by atoms with E-state index >= 15 is 0 Å². The second kappa shape index (κ2) is 5.99. The highest BCUT2D eigenvalue weighted by atomic mass is 19.1. The number of benzene rings is 1. The Kier molecular flexibility index (Phi) is 4.55. The molecule has 0 aliphatic carbocycles. The predicted octanol–water partition coefficient (Wildman–Crippen LogP) is 1.66. The first kappa shape index (κ1) is 14.4. The van der Waals surface area contributed by atoms with Crippen molar-refractivity contribution in [2.45, 2.75) is 31.8 Å². The zero-order valence-electron chi connectivity index (χ0n) is 11.4. The molecule has 106 valence electrons. The Morgan fingerprint density at radius 2 is 2.00 bits per heavy atom. The summed E-state index contributed by atoms with van der Waals surface area (Å²) in [6.07, 6.45) is 1.68. The largest absolute Gasteiger partial charge is 0.396 e. The molecule has 0 aromatic heterocycles. The molecule has 0 radical (unpaired) electrons. The van der Waals surface area contributed by atoms with E-state index in [9.17, 15) is 9.50 Å². The van der Waals surface area contributed by atoms with Gasteiger partial charge in [0.05, 0.1) is 5.60 Å². The lowest BCUT2D eigenvalue weighted by molar-refractivity contribution is -0.0256. The molecule has 3 nitrogen and oxygen atoms in total. The van der Waals surface area contributed by atoms with Gasteiger partial charge in [-0.25, -0.2) is 4.39 Å². The fraction of sp³-hybridized carbons (Fsp3) is 0.600. The Bertz CT molecular complexity index is 428. The van der Waals surface area contributed by atoms with Crippen molar-refractivity contribution in [3.63, 3.8) is 0 Å². The van der Waals surface area contributed by atoms with Crippen LogP contribution in [-0.4, -0.2) is 41.4 Å². The molecule has 4 heteroatoms. The molecule has 0 saturated carbocycles. The Morgan fingerprint density at radius 3 is 2.58 bits per heavy atom. The van der Waals surface area contributed by atoms with Crippen LogP contribution in [0.3, 0.4) is 0 Å². The molecule has 0 unspecified atom stereocenters. The van der Waals surface area contributed by atoms with Gasteiger partial charge < -0.3 is 15.1 Å². The number of likely N-dealkylation sites (tertiary alicyclic amines) is 1. The quantitative estimate of drug-likeness (QED) is 0.872. The van der Waals surface area contributed by atoms with Crippen LogP contribution in [0.5, 0.6) is 0 Å². The van der Waals surface area contributed by atoms with Crippen molar-refractivity contribution >= 4 is 0 Å². The Morgan fingerprint density at radius 1 is 1.32 bits per heavy atom. The van der Waals surface area contributed by atoms with Crippen LogP contribution in [0.15, 0.2) is 18.2 Å². The Balaban J connectivity index is 2.27. The second-order valence-electron chi connectivity index (χ2n) is 5.24. The zero-order valence-corrected chi connectivity index (χ0v) is 11.4. The van der Waals surface area contributed by atoms with E-state index in [1.807, 2.05) is 0 Å². The first-order valence-electron chi connectivity index (χ1n) is 6.93. The van der Waals surface area contributed by atoms with Crippen molar-refractivity contribution in [2.24, 2.45) is 0 Å². The predicted molar refractivity (Wildman–Crippen MR) is 72.4 cm³/mol. The molecule has 0 bridgehead atoms. The smallest absolute Gasteiger partial charge is 0.123 e. The topological polar surface area (TPSA) is 43.7 Å². The molecule has 1 aliphatic heterocycles. The lowest BCUT2D eigenvalue weighted by Crippen LogP contribution is -2.43. The fourth-order valence-corrected chi connectivity index (χ4v) is 2.83. The van der Waals surface area contributed by atoms with E-state index in [0.717, 1.165) is 25.2 Å². The van der Waals surface area contributed by atoms with Crippen molar-refractivity contribution in [1.29, 1.82) is 0 Å². The second-order valence-corrected chi connectivity index (χ2v) is 5.24. The summed E-state index contributed by atoms with van der Waals surface area (Å²) in [5.41, 5.74) is 0.534. The van der Waals surface area contributed by atoms with Crippen LogP contribution in [0, 0.1) is 5.82 Å². The highest BCUT2D eigenvalue weighted by molar-refractivity contribution is 5.34. The summed E-state index contributed by atoms with van der Waals surface area (Å²) in [4.78, 5) is 2.28. The maximum absolute atomic E-state index is 13.5. The van der Waals surface area contributed by atoms with Crippen LogP contribution in [0.2, 0.25) is 0 Å². The van der Waals surface area contributed by atoms with Gasteiger partial charge in [-0.15, -0.1) is 0 Å². The normalized spacial score (nSPS) is 19.6. The van der Waals surface area contributed by atoms with Gasteiger partial charge in [0.2, 0.25) is 0 Å². The van der Waals surface area contributed by atoms with Gasteiger partial charge in [-0.3, -0.25) is 0 Å². The van der Waals surface area contributed by atoms with Crippen molar-refractivity contribution in [3.05, 3.63) is 35.1 Å². The van der Waals surface area contributed by atoms with Crippen LogP contribution in [0.25, 0.3) is 0 Å². The lowest BCUT2D eigenvalue weighted by Gasteiger charge is -2.39. The molecule has 0 amide bonds. The van der Waals surface area contributed by atoms with E-state index in [-0.39, 0.29) is 12.4 Å². The third-order valence-electron chi connectivity index (χ3n) is 4.08. The van der Waals surface area contributed by atoms with E-state index in [0.29, 0.717) is 24.8 Å². The monoisotopic (exact) mass is 267 g/mol. The number of hydrogen-bond acceptors (Lipinski definition) is 3. The highest BCUT2D eigenvalue weighted by Crippen LogP contribution is 2.35. The molecule has 1 heterocycles. The molecule has 0 atom stereocenters. The Hall–Kier alpha value is -0.970. The van der Waals surface area contributed by atoms with E-state index < -0.39 is 5.60 Å². The number of nitrogens with zero attached hydrogens (tertiary/aromatic N) is 1. The van der Waals surface area contributed by atoms with Crippen LogP contribution in [0.4, 0.5) is 4.39 Å². The van der Waals surface area contributed by atoms with Gasteiger partial charge in [0.15, 0.2) is 0 Å². The molecule has 1 saturated heterocycles. The number of rotatable bonds is 4. The van der Waals surface area contributed by atoms with E-state index in [4.69, 9.17) is 5.11 Å². The van der Waals surface area contributed by atoms with Gasteiger partial charge in [0, 0.05) is 19.7 Å². The first-order chi connectivity index (χ1) is 9.09. The van der Waals surface area contributed by atoms with Crippen molar-refractivity contribution < 1.29 is 14.6 Å². The van der Waals surface area contributed by atoms with E-state index in [2.05, 4.69) is 11.8 Å².